The molecule has 0 atom stereocenters. The normalized spacial score (nSPS) is 9.21. The second-order valence-corrected chi connectivity index (χ2v) is 9.19. The van der Waals surface area contributed by atoms with E-state index in [9.17, 15) is 9.90 Å². The van der Waals surface area contributed by atoms with E-state index in [2.05, 4.69) is 36.8 Å². The second kappa shape index (κ2) is 37.2. The maximum Gasteiger partial charge on any atom is 0.150 e. The van der Waals surface area contributed by atoms with Gasteiger partial charge in [-0.3, -0.25) is 4.79 Å². The van der Waals surface area contributed by atoms with Gasteiger partial charge in [-0.15, -0.1) is 0 Å². The van der Waals surface area contributed by atoms with E-state index in [0.29, 0.717) is 0 Å². The van der Waals surface area contributed by atoms with Crippen molar-refractivity contribution >= 4 is 23.6 Å². The first-order chi connectivity index (χ1) is 18.2. The number of aliphatic hydroxyl groups is 1. The first kappa shape index (κ1) is 45.2. The molecule has 0 amide bonds. The molecule has 0 unspecified atom stereocenters. The summed E-state index contributed by atoms with van der Waals surface area (Å²) in [6, 6.07) is 16.1. The third-order valence-corrected chi connectivity index (χ3v) is 6.07. The Kier molecular flexibility index (Phi) is 43.2. The SMILES string of the molecule is CC.CCCCCCCCc1ccccc1C=O.CCCCCCCCc1ccccc1CO.COC.[Al].[Re]. The molecule has 2 aromatic rings. The molecule has 3 nitrogen and oxygen atoms in total. The van der Waals surface area contributed by atoms with Crippen LogP contribution < -0.4 is 0 Å². The number of hydrogen-bond acceptors (Lipinski definition) is 3. The van der Waals surface area contributed by atoms with Gasteiger partial charge in [-0.2, -0.15) is 0 Å². The summed E-state index contributed by atoms with van der Waals surface area (Å²) in [5, 5.41) is 9.19. The van der Waals surface area contributed by atoms with Gasteiger partial charge in [-0.25, -0.2) is 0 Å². The Morgan fingerprint density at radius 3 is 1.44 bits per heavy atom. The maximum absolute atomic E-state index is 10.8. The number of benzene rings is 2. The molecule has 0 aliphatic carbocycles. The van der Waals surface area contributed by atoms with E-state index < -0.39 is 0 Å². The molecule has 0 heterocycles. The van der Waals surface area contributed by atoms with Crippen molar-refractivity contribution in [2.24, 2.45) is 0 Å². The van der Waals surface area contributed by atoms with Crippen molar-refractivity contribution < 1.29 is 35.1 Å². The second-order valence-electron chi connectivity index (χ2n) is 9.19. The zero-order valence-electron chi connectivity index (χ0n) is 26.0. The molecule has 0 fully saturated rings. The van der Waals surface area contributed by atoms with Gasteiger partial charge in [0.15, 0.2) is 0 Å². The van der Waals surface area contributed by atoms with Crippen molar-refractivity contribution in [1.82, 2.24) is 0 Å². The molecule has 0 bridgehead atoms. The fraction of sp³-hybridized carbons (Fsp3) is 0.618. The van der Waals surface area contributed by atoms with Crippen LogP contribution in [0, 0.1) is 0 Å². The molecule has 0 spiro atoms. The molecule has 39 heavy (non-hydrogen) atoms. The Balaban J connectivity index is -0.000000258. The van der Waals surface area contributed by atoms with E-state index in [0.717, 1.165) is 30.3 Å². The number of aliphatic hydroxyl groups excluding tert-OH is 1. The number of aldehydes is 1. The summed E-state index contributed by atoms with van der Waals surface area (Å²) in [5.74, 6) is 0. The number of unbranched alkanes of at least 4 members (excludes halogenated alkanes) is 10. The molecule has 2 rings (SSSR count). The third-order valence-electron chi connectivity index (χ3n) is 6.07. The van der Waals surface area contributed by atoms with Gasteiger partial charge in [0.1, 0.15) is 6.29 Å². The Hall–Kier alpha value is -0.775. The number of ether oxygens (including phenoxy) is 1. The molecule has 0 aliphatic heterocycles. The summed E-state index contributed by atoms with van der Waals surface area (Å²) in [7, 11) is 3.25. The summed E-state index contributed by atoms with van der Waals surface area (Å²) >= 11 is 0. The Morgan fingerprint density at radius 1 is 0.641 bits per heavy atom. The topological polar surface area (TPSA) is 46.5 Å². The minimum Gasteiger partial charge on any atom is -0.392 e. The van der Waals surface area contributed by atoms with E-state index in [4.69, 9.17) is 0 Å². The standard InChI is InChI=1S/C15H24O.C15H22O.C2H6O.C2H6.Al.Re/c2*1-2-3-4-5-6-7-10-14-11-8-9-12-15(14)13-16;1-3-2;1-2;;/h8-9,11-12,16H,2-7,10,13H2,1H3;8-9,11-13H,2-7,10H2,1H3;1-2H3;1-2H3;;. The van der Waals surface area contributed by atoms with Crippen molar-refractivity contribution in [2.45, 2.75) is 124 Å². The average Bonchev–Trinajstić information content (AvgIpc) is 2.95. The quantitative estimate of drug-likeness (QED) is 0.107. The number of methoxy groups -OCH3 is 1. The minimum atomic E-state index is 0. The van der Waals surface area contributed by atoms with Crippen LogP contribution in [0.3, 0.4) is 0 Å². The van der Waals surface area contributed by atoms with Crippen LogP contribution in [0.5, 0.6) is 0 Å². The van der Waals surface area contributed by atoms with Crippen LogP contribution in [0.25, 0.3) is 0 Å². The van der Waals surface area contributed by atoms with Crippen LogP contribution in [0.15, 0.2) is 48.5 Å². The van der Waals surface area contributed by atoms with E-state index in [-0.39, 0.29) is 44.4 Å². The first-order valence-corrected chi connectivity index (χ1v) is 14.8. The largest absolute Gasteiger partial charge is 0.392 e. The number of hydrogen-bond donors (Lipinski definition) is 1. The first-order valence-electron chi connectivity index (χ1n) is 14.8. The average molecular weight is 728 g/mol. The molecule has 0 aromatic heterocycles. The molecule has 5 heteroatoms. The zero-order valence-corrected chi connectivity index (χ0v) is 29.9. The van der Waals surface area contributed by atoms with Crippen LogP contribution in [-0.2, 0) is 44.6 Å². The fourth-order valence-electron chi connectivity index (χ4n) is 4.02. The molecule has 2 aromatic carbocycles. The van der Waals surface area contributed by atoms with Crippen molar-refractivity contribution in [3.8, 4) is 0 Å². The third kappa shape index (κ3) is 27.2. The predicted octanol–water partition coefficient (Wildman–Crippen LogP) is 9.39. The van der Waals surface area contributed by atoms with Gasteiger partial charge in [0.05, 0.1) is 6.61 Å². The fourth-order valence-corrected chi connectivity index (χ4v) is 4.02. The zero-order chi connectivity index (χ0) is 28.0. The van der Waals surface area contributed by atoms with Crippen LogP contribution in [0.1, 0.15) is 132 Å². The molecular weight excluding hydrogens is 670 g/mol. The van der Waals surface area contributed by atoms with Gasteiger partial charge in [0.2, 0.25) is 0 Å². The van der Waals surface area contributed by atoms with E-state index >= 15 is 0 Å². The summed E-state index contributed by atoms with van der Waals surface area (Å²) in [4.78, 5) is 10.8. The monoisotopic (exact) mass is 728 g/mol. The van der Waals surface area contributed by atoms with E-state index in [1.54, 1.807) is 14.2 Å². The van der Waals surface area contributed by atoms with Crippen molar-refractivity contribution in [3.05, 3.63) is 70.8 Å². The summed E-state index contributed by atoms with van der Waals surface area (Å²) in [5.41, 5.74) is 4.47. The van der Waals surface area contributed by atoms with E-state index in [1.165, 1.54) is 88.2 Å². The predicted molar refractivity (Wildman–Crippen MR) is 168 cm³/mol. The molecule has 0 saturated heterocycles. The number of carbonyl (C=O) groups is 1. The summed E-state index contributed by atoms with van der Waals surface area (Å²) < 4.78 is 4.25. The number of carbonyl (C=O) groups excluding carboxylic acids is 1. The Bertz CT molecular complexity index is 740. The van der Waals surface area contributed by atoms with Gasteiger partial charge >= 0.3 is 0 Å². The van der Waals surface area contributed by atoms with Crippen molar-refractivity contribution in [2.75, 3.05) is 14.2 Å². The molecule has 222 valence electrons. The minimum absolute atomic E-state index is 0. The molecular formula is C34H58AlO3Re. The maximum atomic E-state index is 10.8. The van der Waals surface area contributed by atoms with Gasteiger partial charge < -0.3 is 9.84 Å². The molecule has 0 aliphatic rings. The molecule has 1 N–H and O–H groups in total. The number of rotatable bonds is 16. The van der Waals surface area contributed by atoms with E-state index in [1.807, 2.05) is 44.2 Å². The molecule has 0 saturated carbocycles. The Morgan fingerprint density at radius 2 is 1.00 bits per heavy atom. The molecule has 4 radical (unpaired) electrons. The van der Waals surface area contributed by atoms with Crippen molar-refractivity contribution in [3.63, 3.8) is 0 Å². The van der Waals surface area contributed by atoms with Crippen LogP contribution in [0.4, 0.5) is 0 Å². The summed E-state index contributed by atoms with van der Waals surface area (Å²) in [6.07, 6.45) is 18.9. The van der Waals surface area contributed by atoms with Gasteiger partial charge in [-0.1, -0.05) is 140 Å². The van der Waals surface area contributed by atoms with Gasteiger partial charge in [0.25, 0.3) is 0 Å². The van der Waals surface area contributed by atoms with Crippen LogP contribution >= 0.6 is 0 Å². The van der Waals surface area contributed by atoms with Gasteiger partial charge in [-0.05, 0) is 42.4 Å². The van der Waals surface area contributed by atoms with Crippen LogP contribution in [-0.4, -0.2) is 43.0 Å². The smallest absolute Gasteiger partial charge is 0.150 e. The van der Waals surface area contributed by atoms with Crippen LogP contribution in [0.2, 0.25) is 0 Å². The van der Waals surface area contributed by atoms with Gasteiger partial charge in [0, 0.05) is 57.6 Å². The number of aryl methyl sites for hydroxylation is 2. The summed E-state index contributed by atoms with van der Waals surface area (Å²) in [6.45, 7) is 8.66. The Labute approximate surface area is 266 Å². The van der Waals surface area contributed by atoms with Crippen molar-refractivity contribution in [1.29, 1.82) is 0 Å².